The van der Waals surface area contributed by atoms with Crippen molar-refractivity contribution < 1.29 is 9.59 Å². The minimum absolute atomic E-state index is 0.0564. The molecule has 38 heavy (non-hydrogen) atoms. The van der Waals surface area contributed by atoms with Gasteiger partial charge in [-0.25, -0.2) is 19.6 Å². The molecule has 3 aromatic heterocycles. The Morgan fingerprint density at radius 3 is 2.66 bits per heavy atom. The molecule has 0 spiro atoms. The van der Waals surface area contributed by atoms with Crippen LogP contribution in [-0.2, 0) is 4.79 Å². The van der Waals surface area contributed by atoms with Crippen LogP contribution in [0.3, 0.4) is 0 Å². The van der Waals surface area contributed by atoms with E-state index in [9.17, 15) is 9.59 Å². The minimum atomic E-state index is -0.256. The van der Waals surface area contributed by atoms with Gasteiger partial charge in [0.05, 0.1) is 11.4 Å². The molecule has 0 unspecified atom stereocenters. The first-order valence-corrected chi connectivity index (χ1v) is 12.6. The summed E-state index contributed by atoms with van der Waals surface area (Å²) >= 11 is 0. The van der Waals surface area contributed by atoms with Crippen molar-refractivity contribution in [1.82, 2.24) is 29.6 Å². The summed E-state index contributed by atoms with van der Waals surface area (Å²) in [5.74, 6) is 6.65. The van der Waals surface area contributed by atoms with Crippen molar-refractivity contribution in [2.75, 3.05) is 24.1 Å². The van der Waals surface area contributed by atoms with Gasteiger partial charge >= 0.3 is 0 Å². The van der Waals surface area contributed by atoms with Gasteiger partial charge in [0.1, 0.15) is 23.7 Å². The second-order valence-corrected chi connectivity index (χ2v) is 9.74. The maximum Gasteiger partial charge on any atom is 0.298 e. The zero-order chi connectivity index (χ0) is 26.2. The maximum absolute atomic E-state index is 12.7. The third kappa shape index (κ3) is 4.66. The summed E-state index contributed by atoms with van der Waals surface area (Å²) in [7, 11) is 0. The van der Waals surface area contributed by atoms with Crippen LogP contribution >= 0.6 is 0 Å². The third-order valence-corrected chi connectivity index (χ3v) is 6.85. The van der Waals surface area contributed by atoms with E-state index in [2.05, 4.69) is 32.1 Å². The van der Waals surface area contributed by atoms with E-state index in [1.54, 1.807) is 23.2 Å². The highest BCUT2D eigenvalue weighted by Crippen LogP contribution is 2.34. The monoisotopic (exact) mass is 506 g/mol. The molecule has 6 rings (SSSR count). The van der Waals surface area contributed by atoms with Crippen molar-refractivity contribution >= 4 is 34.5 Å². The SMILES string of the molecule is Cc1ccnc(NC(=O)c2ccc(-c3nn([C@@H]4CCN(C(=O)C#CC5CC5)C4)c4ncnc(N)c34)cc2)c1. The highest BCUT2D eigenvalue weighted by atomic mass is 16.2. The highest BCUT2D eigenvalue weighted by Gasteiger charge is 2.30. The Morgan fingerprint density at radius 1 is 1.08 bits per heavy atom. The smallest absolute Gasteiger partial charge is 0.298 e. The molecule has 190 valence electrons. The molecule has 1 saturated heterocycles. The predicted molar refractivity (Wildman–Crippen MR) is 143 cm³/mol. The number of nitrogens with one attached hydrogen (secondary N) is 1. The van der Waals surface area contributed by atoms with Crippen LogP contribution in [0, 0.1) is 24.7 Å². The standard InChI is InChI=1S/C28H26N8O2/c1-17-10-12-30-22(14-17)33-28(38)20-7-5-19(6-8-20)25-24-26(29)31-16-32-27(24)36(34-25)21-11-13-35(15-21)23(37)9-4-18-2-3-18/h5-8,10,12,14,16,18,21H,2-3,11,13,15H2,1H3,(H2,29,31,32)(H,30,33,38)/t21-/m1/s1. The highest BCUT2D eigenvalue weighted by molar-refractivity contribution is 6.04. The number of amides is 2. The quantitative estimate of drug-likeness (QED) is 0.406. The van der Waals surface area contributed by atoms with Crippen LogP contribution in [0.4, 0.5) is 11.6 Å². The number of benzene rings is 1. The molecule has 3 N–H and O–H groups in total. The Hall–Kier alpha value is -4.78. The number of nitrogens with two attached hydrogens (primary N) is 1. The summed E-state index contributed by atoms with van der Waals surface area (Å²) in [5, 5.41) is 8.35. The first-order valence-electron chi connectivity index (χ1n) is 12.6. The lowest BCUT2D eigenvalue weighted by Gasteiger charge is -2.14. The van der Waals surface area contributed by atoms with Crippen LogP contribution in [0.1, 0.15) is 41.2 Å². The van der Waals surface area contributed by atoms with Gasteiger partial charge in [-0.2, -0.15) is 5.10 Å². The third-order valence-electron chi connectivity index (χ3n) is 6.85. The van der Waals surface area contributed by atoms with Crippen molar-refractivity contribution in [2.45, 2.75) is 32.2 Å². The first kappa shape index (κ1) is 23.6. The summed E-state index contributed by atoms with van der Waals surface area (Å²) in [6.07, 6.45) is 5.99. The summed E-state index contributed by atoms with van der Waals surface area (Å²) < 4.78 is 1.84. The van der Waals surface area contributed by atoms with E-state index < -0.39 is 0 Å². The van der Waals surface area contributed by atoms with Crippen molar-refractivity contribution in [3.63, 3.8) is 0 Å². The van der Waals surface area contributed by atoms with E-state index in [0.717, 1.165) is 30.4 Å². The van der Waals surface area contributed by atoms with Crippen LogP contribution in [0.5, 0.6) is 0 Å². The molecule has 0 bridgehead atoms. The van der Waals surface area contributed by atoms with Crippen molar-refractivity contribution in [1.29, 1.82) is 0 Å². The zero-order valence-corrected chi connectivity index (χ0v) is 20.9. The molecule has 1 aliphatic carbocycles. The number of anilines is 2. The minimum Gasteiger partial charge on any atom is -0.383 e. The second kappa shape index (κ2) is 9.59. The van der Waals surface area contributed by atoms with E-state index >= 15 is 0 Å². The summed E-state index contributed by atoms with van der Waals surface area (Å²) in [6.45, 7) is 3.05. The Morgan fingerprint density at radius 2 is 1.89 bits per heavy atom. The topological polar surface area (TPSA) is 132 Å². The Kier molecular flexibility index (Phi) is 5.96. The molecule has 1 atom stereocenters. The molecule has 0 radical (unpaired) electrons. The number of fused-ring (bicyclic) bond motifs is 1. The molecule has 2 amide bonds. The van der Waals surface area contributed by atoms with Gasteiger partial charge in [-0.1, -0.05) is 18.1 Å². The van der Waals surface area contributed by atoms with E-state index in [1.807, 2.05) is 35.9 Å². The zero-order valence-electron chi connectivity index (χ0n) is 20.9. The average molecular weight is 507 g/mol. The second-order valence-electron chi connectivity index (χ2n) is 9.74. The molecule has 1 saturated carbocycles. The average Bonchev–Trinajstić information content (AvgIpc) is 3.46. The number of rotatable bonds is 4. The number of hydrogen-bond donors (Lipinski definition) is 2. The summed E-state index contributed by atoms with van der Waals surface area (Å²) in [6, 6.07) is 10.8. The van der Waals surface area contributed by atoms with Gasteiger partial charge in [-0.3, -0.25) is 9.59 Å². The molecule has 1 aromatic carbocycles. The molecule has 4 heterocycles. The number of aryl methyl sites for hydroxylation is 1. The van der Waals surface area contributed by atoms with Crippen LogP contribution in [0.25, 0.3) is 22.3 Å². The number of carbonyl (C=O) groups excluding carboxylic acids is 2. The van der Waals surface area contributed by atoms with Crippen molar-refractivity contribution in [3.05, 3.63) is 60.0 Å². The van der Waals surface area contributed by atoms with Gasteiger partial charge in [0.15, 0.2) is 5.65 Å². The Labute approximate surface area is 219 Å². The van der Waals surface area contributed by atoms with Crippen LogP contribution < -0.4 is 11.1 Å². The molecule has 4 aromatic rings. The molecule has 10 heteroatoms. The lowest BCUT2D eigenvalue weighted by Crippen LogP contribution is -2.28. The van der Waals surface area contributed by atoms with E-state index in [0.29, 0.717) is 52.9 Å². The fourth-order valence-electron chi connectivity index (χ4n) is 4.62. The van der Waals surface area contributed by atoms with Crippen molar-refractivity contribution in [3.8, 4) is 23.1 Å². The number of aromatic nitrogens is 5. The fourth-order valence-corrected chi connectivity index (χ4v) is 4.62. The summed E-state index contributed by atoms with van der Waals surface area (Å²) in [5.41, 5.74) is 9.79. The van der Waals surface area contributed by atoms with Gasteiger partial charge in [-0.05, 0) is 61.9 Å². The lowest BCUT2D eigenvalue weighted by atomic mass is 10.1. The molecule has 1 aliphatic heterocycles. The molecule has 2 aliphatic rings. The van der Waals surface area contributed by atoms with Gasteiger partial charge in [0.2, 0.25) is 0 Å². The van der Waals surface area contributed by atoms with Gasteiger partial charge < -0.3 is 16.0 Å². The lowest BCUT2D eigenvalue weighted by molar-refractivity contribution is -0.124. The predicted octanol–water partition coefficient (Wildman–Crippen LogP) is 3.22. The molecular formula is C28H26N8O2. The van der Waals surface area contributed by atoms with Crippen LogP contribution in [0.2, 0.25) is 0 Å². The fraction of sp³-hybridized carbons (Fsp3) is 0.286. The number of nitrogen functional groups attached to an aromatic ring is 1. The number of pyridine rings is 1. The number of carbonyl (C=O) groups is 2. The van der Waals surface area contributed by atoms with Gasteiger partial charge in [-0.15, -0.1) is 0 Å². The first-order chi connectivity index (χ1) is 18.5. The number of likely N-dealkylation sites (tertiary alicyclic amines) is 1. The van der Waals surface area contributed by atoms with Gasteiger partial charge in [0.25, 0.3) is 11.8 Å². The van der Waals surface area contributed by atoms with Gasteiger partial charge in [0, 0.05) is 36.3 Å². The molecular weight excluding hydrogens is 480 g/mol. The van der Waals surface area contributed by atoms with Crippen molar-refractivity contribution in [2.24, 2.45) is 5.92 Å². The van der Waals surface area contributed by atoms with Crippen LogP contribution in [0.15, 0.2) is 48.9 Å². The Balaban J connectivity index is 1.26. The van der Waals surface area contributed by atoms with E-state index in [4.69, 9.17) is 10.8 Å². The Bertz CT molecular complexity index is 1610. The molecule has 2 fully saturated rings. The number of hydrogen-bond acceptors (Lipinski definition) is 7. The normalized spacial score (nSPS) is 16.8. The maximum atomic E-state index is 12.7. The largest absolute Gasteiger partial charge is 0.383 e. The van der Waals surface area contributed by atoms with E-state index in [1.165, 1.54) is 6.33 Å². The molecule has 10 nitrogen and oxygen atoms in total. The number of nitrogens with zero attached hydrogens (tertiary/aromatic N) is 6. The van der Waals surface area contributed by atoms with Crippen LogP contribution in [-0.4, -0.2) is 54.5 Å². The van der Waals surface area contributed by atoms with E-state index in [-0.39, 0.29) is 17.9 Å². The summed E-state index contributed by atoms with van der Waals surface area (Å²) in [4.78, 5) is 39.9.